The summed E-state index contributed by atoms with van der Waals surface area (Å²) in [6, 6.07) is 6.91. The third kappa shape index (κ3) is 3.06. The van der Waals surface area contributed by atoms with Crippen LogP contribution in [0.1, 0.15) is 16.8 Å². The van der Waals surface area contributed by atoms with E-state index in [9.17, 15) is 15.2 Å². The molecule has 1 aromatic heterocycles. The number of aromatic hydroxyl groups is 1. The van der Waals surface area contributed by atoms with Gasteiger partial charge in [-0.1, -0.05) is 6.07 Å². The molecule has 0 aliphatic heterocycles. The lowest BCUT2D eigenvalue weighted by Crippen LogP contribution is -2.17. The number of aromatic nitrogens is 1. The molecule has 0 amide bonds. The predicted octanol–water partition coefficient (Wildman–Crippen LogP) is 1.73. The first-order valence-corrected chi connectivity index (χ1v) is 6.22. The summed E-state index contributed by atoms with van der Waals surface area (Å²) in [5.74, 6) is -0.643. The summed E-state index contributed by atoms with van der Waals surface area (Å²) in [7, 11) is 0. The number of aryl methyl sites for hydroxylation is 1. The van der Waals surface area contributed by atoms with Crippen LogP contribution in [0.3, 0.4) is 0 Å². The molecule has 2 aromatic rings. The summed E-state index contributed by atoms with van der Waals surface area (Å²) < 4.78 is 0. The molecule has 0 aliphatic carbocycles. The van der Waals surface area contributed by atoms with Crippen molar-refractivity contribution in [1.82, 2.24) is 4.98 Å². The van der Waals surface area contributed by atoms with Crippen molar-refractivity contribution in [2.75, 3.05) is 0 Å². The molecular formula is C14H13N5O3. The second-order valence-corrected chi connectivity index (χ2v) is 4.47. The molecule has 1 aromatic carbocycles. The number of phenolic OH excluding ortho intramolecular Hbond substituents is 1. The second kappa shape index (κ2) is 6.00. The van der Waals surface area contributed by atoms with Gasteiger partial charge in [0.25, 0.3) is 5.69 Å². The van der Waals surface area contributed by atoms with Crippen molar-refractivity contribution >= 4 is 17.4 Å². The Morgan fingerprint density at radius 1 is 1.45 bits per heavy atom. The van der Waals surface area contributed by atoms with Gasteiger partial charge in [0.2, 0.25) is 0 Å². The number of nitro benzene ring substituents is 1. The van der Waals surface area contributed by atoms with Gasteiger partial charge >= 0.3 is 0 Å². The third-order valence-electron chi connectivity index (χ3n) is 2.93. The Kier molecular flexibility index (Phi) is 4.12. The van der Waals surface area contributed by atoms with Crippen molar-refractivity contribution in [2.24, 2.45) is 10.7 Å². The average Bonchev–Trinajstić information content (AvgIpc) is 2.47. The summed E-state index contributed by atoms with van der Waals surface area (Å²) in [4.78, 5) is 18.1. The molecule has 22 heavy (non-hydrogen) atoms. The van der Waals surface area contributed by atoms with E-state index in [0.29, 0.717) is 5.69 Å². The van der Waals surface area contributed by atoms with Gasteiger partial charge in [0.05, 0.1) is 10.5 Å². The van der Waals surface area contributed by atoms with Crippen LogP contribution in [0.25, 0.3) is 0 Å². The molecule has 4 N–H and O–H groups in total. The van der Waals surface area contributed by atoms with Gasteiger partial charge in [-0.3, -0.25) is 20.5 Å². The summed E-state index contributed by atoms with van der Waals surface area (Å²) in [6.07, 6.45) is 1.52. The lowest BCUT2D eigenvalue weighted by molar-refractivity contribution is -0.384. The largest absolute Gasteiger partial charge is 0.507 e. The van der Waals surface area contributed by atoms with Gasteiger partial charge < -0.3 is 10.8 Å². The Morgan fingerprint density at radius 3 is 2.82 bits per heavy atom. The number of benzene rings is 1. The Bertz CT molecular complexity index is 786. The maximum absolute atomic E-state index is 10.8. The Labute approximate surface area is 125 Å². The topological polar surface area (TPSA) is 138 Å². The molecule has 112 valence electrons. The molecular weight excluding hydrogens is 286 g/mol. The number of nitro groups is 1. The first-order valence-electron chi connectivity index (χ1n) is 6.22. The summed E-state index contributed by atoms with van der Waals surface area (Å²) >= 11 is 0. The lowest BCUT2D eigenvalue weighted by Gasteiger charge is -2.06. The monoisotopic (exact) mass is 299 g/mol. The van der Waals surface area contributed by atoms with Crippen LogP contribution in [-0.4, -0.2) is 26.7 Å². The van der Waals surface area contributed by atoms with E-state index in [0.717, 1.165) is 23.8 Å². The number of hydrogen-bond donors (Lipinski definition) is 3. The van der Waals surface area contributed by atoms with Crippen molar-refractivity contribution < 1.29 is 10.0 Å². The van der Waals surface area contributed by atoms with Gasteiger partial charge in [-0.2, -0.15) is 0 Å². The number of nitrogens with zero attached hydrogens (tertiary/aromatic N) is 3. The van der Waals surface area contributed by atoms with Gasteiger partial charge in [-0.05, 0) is 24.6 Å². The van der Waals surface area contributed by atoms with Gasteiger partial charge in [0.15, 0.2) is 5.84 Å². The fourth-order valence-electron chi connectivity index (χ4n) is 1.81. The number of amidine groups is 2. The third-order valence-corrected chi connectivity index (χ3v) is 2.93. The van der Waals surface area contributed by atoms with E-state index in [1.807, 2.05) is 0 Å². The first-order chi connectivity index (χ1) is 10.4. The zero-order valence-electron chi connectivity index (χ0n) is 11.6. The van der Waals surface area contributed by atoms with E-state index < -0.39 is 4.92 Å². The standard InChI is InChI=1S/C14H13N5O3/c1-8-3-2-6-17-12(8)14(16)18-13(15)10-7-9(19(21)22)4-5-11(10)20/h2-7,20H,1H3,(H3,15,16,18). The van der Waals surface area contributed by atoms with Crippen molar-refractivity contribution in [3.05, 3.63) is 63.5 Å². The molecule has 0 bridgehead atoms. The predicted molar refractivity (Wildman–Crippen MR) is 81.3 cm³/mol. The minimum atomic E-state index is -0.607. The van der Waals surface area contributed by atoms with Gasteiger partial charge in [-0.25, -0.2) is 4.99 Å². The van der Waals surface area contributed by atoms with Gasteiger partial charge in [0.1, 0.15) is 17.3 Å². The zero-order valence-corrected chi connectivity index (χ0v) is 11.6. The number of hydrogen-bond acceptors (Lipinski definition) is 5. The fraction of sp³-hybridized carbons (Fsp3) is 0.0714. The van der Waals surface area contributed by atoms with E-state index >= 15 is 0 Å². The second-order valence-electron chi connectivity index (χ2n) is 4.47. The molecule has 0 atom stereocenters. The first kappa shape index (κ1) is 15.1. The highest BCUT2D eigenvalue weighted by Crippen LogP contribution is 2.22. The molecule has 8 heteroatoms. The molecule has 2 rings (SSSR count). The molecule has 0 fully saturated rings. The van der Waals surface area contributed by atoms with Crippen LogP contribution < -0.4 is 5.73 Å². The molecule has 0 aliphatic rings. The molecule has 1 heterocycles. The fourth-order valence-corrected chi connectivity index (χ4v) is 1.81. The summed E-state index contributed by atoms with van der Waals surface area (Å²) in [5.41, 5.74) is 6.60. The van der Waals surface area contributed by atoms with Crippen molar-refractivity contribution in [1.29, 1.82) is 5.41 Å². The van der Waals surface area contributed by atoms with Crippen LogP contribution in [0, 0.1) is 22.4 Å². The van der Waals surface area contributed by atoms with Crippen LogP contribution in [0.2, 0.25) is 0 Å². The van der Waals surface area contributed by atoms with E-state index in [1.165, 1.54) is 6.20 Å². The van der Waals surface area contributed by atoms with Crippen LogP contribution in [-0.2, 0) is 0 Å². The Balaban J connectivity index is 2.41. The smallest absolute Gasteiger partial charge is 0.270 e. The Morgan fingerprint density at radius 2 is 2.18 bits per heavy atom. The molecule has 0 radical (unpaired) electrons. The van der Waals surface area contributed by atoms with Gasteiger partial charge in [-0.15, -0.1) is 0 Å². The molecule has 0 unspecified atom stereocenters. The SMILES string of the molecule is Cc1cccnc1C(=N)N=C(N)c1cc([N+](=O)[O-])ccc1O. The molecule has 8 nitrogen and oxygen atoms in total. The van der Waals surface area contributed by atoms with Crippen molar-refractivity contribution in [2.45, 2.75) is 6.92 Å². The van der Waals surface area contributed by atoms with Crippen molar-refractivity contribution in [3.63, 3.8) is 0 Å². The minimum absolute atomic E-state index is 0.00691. The van der Waals surface area contributed by atoms with Crippen LogP contribution in [0.4, 0.5) is 5.69 Å². The van der Waals surface area contributed by atoms with Crippen LogP contribution >= 0.6 is 0 Å². The van der Waals surface area contributed by atoms with Crippen LogP contribution in [0.15, 0.2) is 41.5 Å². The van der Waals surface area contributed by atoms with E-state index in [2.05, 4.69) is 9.98 Å². The number of nitrogens with one attached hydrogen (secondary N) is 1. The van der Waals surface area contributed by atoms with E-state index in [1.54, 1.807) is 19.1 Å². The highest BCUT2D eigenvalue weighted by Gasteiger charge is 2.14. The number of pyridine rings is 1. The van der Waals surface area contributed by atoms with E-state index in [-0.39, 0.29) is 28.7 Å². The quantitative estimate of drug-likeness (QED) is 0.343. The number of phenols is 1. The number of non-ortho nitro benzene ring substituents is 1. The summed E-state index contributed by atoms with van der Waals surface area (Å²) in [5, 5.41) is 28.4. The highest BCUT2D eigenvalue weighted by molar-refractivity contribution is 6.10. The number of aliphatic imine (C=N–C) groups is 1. The van der Waals surface area contributed by atoms with E-state index in [4.69, 9.17) is 11.1 Å². The molecule has 0 saturated carbocycles. The number of rotatable bonds is 3. The molecule has 0 spiro atoms. The Hall–Kier alpha value is -3.29. The normalized spacial score (nSPS) is 11.2. The zero-order chi connectivity index (χ0) is 16.3. The van der Waals surface area contributed by atoms with Crippen LogP contribution in [0.5, 0.6) is 5.75 Å². The molecule has 0 saturated heterocycles. The maximum atomic E-state index is 10.8. The highest BCUT2D eigenvalue weighted by atomic mass is 16.6. The number of nitrogens with two attached hydrogens (primary N) is 1. The van der Waals surface area contributed by atoms with Gasteiger partial charge in [0, 0.05) is 18.3 Å². The van der Waals surface area contributed by atoms with Crippen molar-refractivity contribution in [3.8, 4) is 5.75 Å². The lowest BCUT2D eigenvalue weighted by atomic mass is 10.1. The summed E-state index contributed by atoms with van der Waals surface area (Å²) in [6.45, 7) is 1.77. The average molecular weight is 299 g/mol. The minimum Gasteiger partial charge on any atom is -0.507 e. The maximum Gasteiger partial charge on any atom is 0.270 e.